The molecule has 3 aliphatic rings. The van der Waals surface area contributed by atoms with Crippen LogP contribution in [-0.2, 0) is 16.2 Å². The summed E-state index contributed by atoms with van der Waals surface area (Å²) in [4.78, 5) is 2.71. The maximum absolute atomic E-state index is 6.63. The smallest absolute Gasteiger partial charge is 0.333 e. The molecule has 5 heteroatoms. The van der Waals surface area contributed by atoms with Gasteiger partial charge in [0, 0.05) is 75.8 Å². The van der Waals surface area contributed by atoms with E-state index in [1.165, 1.54) is 114 Å². The highest BCUT2D eigenvalue weighted by Crippen LogP contribution is 2.55. The number of thiophene rings is 1. The Kier molecular flexibility index (Phi) is 6.89. The number of aromatic nitrogens is 1. The molecule has 0 radical (unpaired) electrons. The number of nitrogens with zero attached hydrogens (tertiary/aromatic N) is 2. The molecule has 1 aliphatic carbocycles. The molecule has 0 spiro atoms. The van der Waals surface area contributed by atoms with Crippen LogP contribution in [0.25, 0.3) is 91.9 Å². The van der Waals surface area contributed by atoms with Crippen LogP contribution in [-0.4, -0.2) is 11.4 Å². The molecule has 5 heterocycles. The van der Waals surface area contributed by atoms with Gasteiger partial charge >= 0.3 is 6.85 Å². The Morgan fingerprint density at radius 2 is 1.25 bits per heavy atom. The van der Waals surface area contributed by atoms with E-state index in [4.69, 9.17) is 4.42 Å². The highest BCUT2D eigenvalue weighted by Gasteiger charge is 2.46. The fraction of sp³-hybridized carbons (Fsp3) is 0.186. The van der Waals surface area contributed by atoms with Gasteiger partial charge in [0.25, 0.3) is 0 Å². The van der Waals surface area contributed by atoms with Crippen molar-refractivity contribution in [2.24, 2.45) is 0 Å². The van der Waals surface area contributed by atoms with Gasteiger partial charge in [-0.15, -0.1) is 11.3 Å². The number of hydrogen-bond acceptors (Lipinski definition) is 3. The van der Waals surface area contributed by atoms with Gasteiger partial charge in [0.1, 0.15) is 11.2 Å². The maximum atomic E-state index is 6.63. The van der Waals surface area contributed by atoms with Gasteiger partial charge in [-0.05, 0) is 109 Å². The van der Waals surface area contributed by atoms with E-state index in [9.17, 15) is 0 Å². The van der Waals surface area contributed by atoms with Gasteiger partial charge < -0.3 is 13.8 Å². The minimum absolute atomic E-state index is 0.0342. The molecular weight excluding hydrogens is 796 g/mol. The lowest BCUT2D eigenvalue weighted by atomic mass is 9.44. The Morgan fingerprint density at radius 3 is 2.05 bits per heavy atom. The molecule has 3 aromatic heterocycles. The molecule has 8 aromatic carbocycles. The number of fused-ring (bicyclic) bond motifs is 17. The SMILES string of the molecule is CC(C)(C)c1ccc(N2B3c4cc5c(cc4-n4c6cc7oc8ccccc8c7cc6c6ccc(c3c64)-c3cc4c(cc32)-c2cc(C(C)(C)C)ccc2C4(C)C)sc2ccccc25)cc1. The predicted octanol–water partition coefficient (Wildman–Crippen LogP) is 15.2. The molecular formula is C59H47BN2OS. The third-order valence-corrected chi connectivity index (χ3v) is 16.4. The van der Waals surface area contributed by atoms with Crippen molar-refractivity contribution in [1.82, 2.24) is 4.57 Å². The van der Waals surface area contributed by atoms with E-state index in [1.807, 2.05) is 11.3 Å². The topological polar surface area (TPSA) is 21.3 Å². The zero-order chi connectivity index (χ0) is 43.3. The van der Waals surface area contributed by atoms with Crippen molar-refractivity contribution in [3.05, 3.63) is 162 Å². The average molecular weight is 843 g/mol. The van der Waals surface area contributed by atoms with Crippen molar-refractivity contribution in [1.29, 1.82) is 0 Å². The van der Waals surface area contributed by atoms with E-state index < -0.39 is 0 Å². The van der Waals surface area contributed by atoms with E-state index in [0.717, 1.165) is 21.9 Å². The summed E-state index contributed by atoms with van der Waals surface area (Å²) >= 11 is 1.90. The van der Waals surface area contributed by atoms with Crippen molar-refractivity contribution < 1.29 is 4.42 Å². The highest BCUT2D eigenvalue weighted by molar-refractivity contribution is 7.26. The first kappa shape index (κ1) is 36.9. The number of furan rings is 1. The molecule has 308 valence electrons. The number of benzene rings is 8. The van der Waals surface area contributed by atoms with Crippen molar-refractivity contribution in [2.45, 2.75) is 71.6 Å². The normalized spacial score (nSPS) is 14.9. The summed E-state index contributed by atoms with van der Waals surface area (Å²) in [5.41, 5.74) is 21.5. The molecule has 0 fully saturated rings. The third-order valence-electron chi connectivity index (χ3n) is 15.3. The molecule has 0 saturated carbocycles. The standard InChI is InChI=1S/C59H47BN2OS/c1-57(2,3)32-17-20-34(21-18-32)62-49-29-40-39-25-33(58(4,5)6)19-24-45(39)59(7,8)46(40)27-42(49)37-22-23-38-41-26-43-35-13-9-11-15-51(35)63-52(43)30-48(41)61-50-31-54-44(36-14-10-12-16-53(36)64-54)28-47(50)60(62)55(37)56(38)61/h9-31H,1-8H3. The van der Waals surface area contributed by atoms with Crippen LogP contribution in [0.1, 0.15) is 77.6 Å². The van der Waals surface area contributed by atoms with Gasteiger partial charge in [0.15, 0.2) is 0 Å². The summed E-state index contributed by atoms with van der Waals surface area (Å²) in [5, 5.41) is 7.49. The molecule has 0 unspecified atom stereocenters. The van der Waals surface area contributed by atoms with Gasteiger partial charge in [0.05, 0.1) is 11.0 Å². The van der Waals surface area contributed by atoms with Crippen LogP contribution in [0.15, 0.2) is 144 Å². The number of anilines is 2. The molecule has 0 N–H and O–H groups in total. The summed E-state index contributed by atoms with van der Waals surface area (Å²) < 4.78 is 11.9. The lowest BCUT2D eigenvalue weighted by Gasteiger charge is -2.42. The van der Waals surface area contributed by atoms with Gasteiger partial charge in [-0.1, -0.05) is 140 Å². The number of hydrogen-bond donors (Lipinski definition) is 0. The minimum atomic E-state index is -0.155. The van der Waals surface area contributed by atoms with Crippen LogP contribution in [0.3, 0.4) is 0 Å². The van der Waals surface area contributed by atoms with Gasteiger partial charge in [-0.2, -0.15) is 0 Å². The highest BCUT2D eigenvalue weighted by atomic mass is 32.1. The lowest BCUT2D eigenvalue weighted by Crippen LogP contribution is -2.60. The average Bonchev–Trinajstić information content (AvgIpc) is 3.99. The van der Waals surface area contributed by atoms with Crippen LogP contribution in [0.4, 0.5) is 11.4 Å². The Morgan fingerprint density at radius 1 is 0.516 bits per heavy atom. The lowest BCUT2D eigenvalue weighted by molar-refractivity contribution is 0.589. The van der Waals surface area contributed by atoms with Crippen molar-refractivity contribution in [3.8, 4) is 27.9 Å². The summed E-state index contributed by atoms with van der Waals surface area (Å²) in [7, 11) is 0. The van der Waals surface area contributed by atoms with E-state index in [1.54, 1.807) is 0 Å². The van der Waals surface area contributed by atoms with Crippen LogP contribution in [0, 0.1) is 0 Å². The number of rotatable bonds is 1. The second kappa shape index (κ2) is 12.0. The first-order valence-corrected chi connectivity index (χ1v) is 23.7. The fourth-order valence-corrected chi connectivity index (χ4v) is 13.1. The maximum Gasteiger partial charge on any atom is 0.333 e. The summed E-state index contributed by atoms with van der Waals surface area (Å²) in [5.74, 6) is 0. The van der Waals surface area contributed by atoms with E-state index in [-0.39, 0.29) is 23.1 Å². The van der Waals surface area contributed by atoms with Gasteiger partial charge in [0.2, 0.25) is 0 Å². The zero-order valence-electron chi connectivity index (χ0n) is 37.6. The van der Waals surface area contributed by atoms with Crippen molar-refractivity contribution >= 4 is 104 Å². The zero-order valence-corrected chi connectivity index (χ0v) is 38.4. The Bertz CT molecular complexity index is 3900. The van der Waals surface area contributed by atoms with Crippen LogP contribution >= 0.6 is 11.3 Å². The summed E-state index contributed by atoms with van der Waals surface area (Å²) in [6.45, 7) is 18.7. The predicted molar refractivity (Wildman–Crippen MR) is 275 cm³/mol. The molecule has 0 bridgehead atoms. The Hall–Kier alpha value is -6.56. The van der Waals surface area contributed by atoms with E-state index >= 15 is 0 Å². The minimum Gasteiger partial charge on any atom is -0.456 e. The second-order valence-corrected chi connectivity index (χ2v) is 22.4. The van der Waals surface area contributed by atoms with Crippen LogP contribution in [0.5, 0.6) is 0 Å². The molecule has 3 nitrogen and oxygen atoms in total. The summed E-state index contributed by atoms with van der Waals surface area (Å²) in [6.07, 6.45) is 0. The quantitative estimate of drug-likeness (QED) is 0.154. The van der Waals surface area contributed by atoms with Crippen molar-refractivity contribution in [3.63, 3.8) is 0 Å². The first-order valence-electron chi connectivity index (χ1n) is 22.9. The fourth-order valence-electron chi connectivity index (χ4n) is 11.9. The Balaban J connectivity index is 1.14. The Labute approximate surface area is 377 Å². The van der Waals surface area contributed by atoms with E-state index in [2.05, 4.69) is 204 Å². The largest absolute Gasteiger partial charge is 0.456 e. The molecule has 14 rings (SSSR count). The first-order chi connectivity index (χ1) is 30.7. The second-order valence-electron chi connectivity index (χ2n) is 21.3. The molecule has 2 aliphatic heterocycles. The molecule has 0 amide bonds. The molecule has 64 heavy (non-hydrogen) atoms. The molecule has 0 atom stereocenters. The van der Waals surface area contributed by atoms with Gasteiger partial charge in [-0.3, -0.25) is 0 Å². The monoisotopic (exact) mass is 842 g/mol. The van der Waals surface area contributed by atoms with Crippen LogP contribution < -0.4 is 15.7 Å². The van der Waals surface area contributed by atoms with Crippen molar-refractivity contribution in [2.75, 3.05) is 4.81 Å². The van der Waals surface area contributed by atoms with E-state index in [0.29, 0.717) is 0 Å². The van der Waals surface area contributed by atoms with Crippen LogP contribution in [0.2, 0.25) is 0 Å². The summed E-state index contributed by atoms with van der Waals surface area (Å²) in [6, 6.07) is 53.9. The number of para-hydroxylation sites is 1. The molecule has 0 saturated heterocycles. The molecule has 11 aromatic rings. The third kappa shape index (κ3) is 4.68. The van der Waals surface area contributed by atoms with Gasteiger partial charge in [-0.25, -0.2) is 0 Å².